The van der Waals surface area contributed by atoms with Crippen molar-refractivity contribution in [2.45, 2.75) is 26.4 Å². The maximum atomic E-state index is 9.99. The number of aromatic hydroxyl groups is 1. The summed E-state index contributed by atoms with van der Waals surface area (Å²) < 4.78 is 11.4. The third-order valence-electron chi connectivity index (χ3n) is 4.60. The summed E-state index contributed by atoms with van der Waals surface area (Å²) >= 11 is 3.56. The molecule has 1 aromatic carbocycles. The van der Waals surface area contributed by atoms with E-state index in [9.17, 15) is 5.11 Å². The normalized spacial score (nSPS) is 17.6. The summed E-state index contributed by atoms with van der Waals surface area (Å²) in [7, 11) is 1.55. The quantitative estimate of drug-likeness (QED) is 0.811. The van der Waals surface area contributed by atoms with E-state index in [0.29, 0.717) is 17.5 Å². The van der Waals surface area contributed by atoms with Gasteiger partial charge in [-0.2, -0.15) is 4.98 Å². The summed E-state index contributed by atoms with van der Waals surface area (Å²) in [4.78, 5) is 9.05. The van der Waals surface area contributed by atoms with E-state index < -0.39 is 0 Å². The smallest absolute Gasteiger partial charge is 0.243 e. The maximum Gasteiger partial charge on any atom is 0.243 e. The van der Waals surface area contributed by atoms with Crippen molar-refractivity contribution >= 4 is 15.9 Å². The number of phenols is 1. The van der Waals surface area contributed by atoms with E-state index in [0.717, 1.165) is 42.8 Å². The molecule has 2 aromatic rings. The summed E-state index contributed by atoms with van der Waals surface area (Å²) in [5.41, 5.74) is 1.05. The van der Waals surface area contributed by atoms with Gasteiger partial charge in [-0.25, -0.2) is 0 Å². The fourth-order valence-electron chi connectivity index (χ4n) is 3.06. The molecular weight excluding hydrogens is 388 g/mol. The number of rotatable bonds is 5. The van der Waals surface area contributed by atoms with Crippen LogP contribution in [0.2, 0.25) is 0 Å². The first-order chi connectivity index (χ1) is 12.0. The van der Waals surface area contributed by atoms with Crippen LogP contribution in [0.5, 0.6) is 11.5 Å². The second-order valence-electron chi connectivity index (χ2n) is 6.28. The first kappa shape index (κ1) is 18.2. The van der Waals surface area contributed by atoms with Crippen molar-refractivity contribution in [3.63, 3.8) is 0 Å². The Morgan fingerprint density at radius 3 is 2.64 bits per heavy atom. The van der Waals surface area contributed by atoms with Crippen LogP contribution >= 0.6 is 15.9 Å². The van der Waals surface area contributed by atoms with Gasteiger partial charge in [-0.15, -0.1) is 0 Å². The van der Waals surface area contributed by atoms with Crippen LogP contribution in [0, 0.1) is 6.92 Å². The Bertz CT molecular complexity index is 729. The number of phenolic OH excluding ortho intramolecular Hbond substituents is 1. The van der Waals surface area contributed by atoms with E-state index in [1.807, 2.05) is 6.92 Å². The van der Waals surface area contributed by atoms with Gasteiger partial charge in [0.2, 0.25) is 5.89 Å². The molecule has 0 radical (unpaired) electrons. The molecule has 1 saturated heterocycles. The lowest BCUT2D eigenvalue weighted by molar-refractivity contribution is 0.0844. The highest BCUT2D eigenvalue weighted by molar-refractivity contribution is 9.10. The van der Waals surface area contributed by atoms with Crippen LogP contribution in [-0.2, 0) is 6.54 Å². The van der Waals surface area contributed by atoms with Gasteiger partial charge >= 0.3 is 0 Å². The summed E-state index contributed by atoms with van der Waals surface area (Å²) in [6.07, 6.45) is 0. The van der Waals surface area contributed by atoms with Gasteiger partial charge in [-0.3, -0.25) is 9.80 Å². The van der Waals surface area contributed by atoms with Gasteiger partial charge in [0.05, 0.1) is 13.2 Å². The van der Waals surface area contributed by atoms with Gasteiger partial charge in [0, 0.05) is 37.2 Å². The minimum atomic E-state index is 0.125. The lowest BCUT2D eigenvalue weighted by atomic mass is 10.1. The monoisotopic (exact) mass is 410 g/mol. The average Bonchev–Trinajstić information content (AvgIpc) is 3.04. The minimum Gasteiger partial charge on any atom is -0.504 e. The molecular formula is C17H23BrN4O3. The van der Waals surface area contributed by atoms with Crippen LogP contribution in [0.4, 0.5) is 0 Å². The Labute approximate surface area is 155 Å². The number of hydrogen-bond acceptors (Lipinski definition) is 7. The maximum absolute atomic E-state index is 9.99. The van der Waals surface area contributed by atoms with E-state index in [1.54, 1.807) is 19.2 Å². The van der Waals surface area contributed by atoms with Crippen LogP contribution in [0.3, 0.4) is 0 Å². The molecule has 0 bridgehead atoms. The molecule has 136 valence electrons. The third kappa shape index (κ3) is 4.13. The fraction of sp³-hybridized carbons (Fsp3) is 0.529. The van der Waals surface area contributed by atoms with Crippen LogP contribution in [0.25, 0.3) is 0 Å². The Kier molecular flexibility index (Phi) is 5.61. The van der Waals surface area contributed by atoms with Crippen LogP contribution in [0.15, 0.2) is 21.1 Å². The highest BCUT2D eigenvalue weighted by Crippen LogP contribution is 2.33. The van der Waals surface area contributed by atoms with E-state index in [-0.39, 0.29) is 11.8 Å². The summed E-state index contributed by atoms with van der Waals surface area (Å²) in [6, 6.07) is 3.69. The zero-order chi connectivity index (χ0) is 18.0. The molecule has 0 saturated carbocycles. The lowest BCUT2D eigenvalue weighted by Crippen LogP contribution is -2.46. The number of ether oxygens (including phenoxy) is 1. The van der Waals surface area contributed by atoms with Gasteiger partial charge in [0.1, 0.15) is 0 Å². The van der Waals surface area contributed by atoms with Crippen molar-refractivity contribution in [3.05, 3.63) is 33.9 Å². The molecule has 1 atom stereocenters. The van der Waals surface area contributed by atoms with E-state index >= 15 is 0 Å². The second-order valence-corrected chi connectivity index (χ2v) is 7.14. The molecule has 1 aromatic heterocycles. The Balaban J connectivity index is 1.58. The zero-order valence-electron chi connectivity index (χ0n) is 14.7. The molecule has 1 fully saturated rings. The summed E-state index contributed by atoms with van der Waals surface area (Å²) in [5.74, 6) is 1.99. The number of aryl methyl sites for hydroxylation is 1. The predicted octanol–water partition coefficient (Wildman–Crippen LogP) is 2.73. The molecule has 7 nitrogen and oxygen atoms in total. The van der Waals surface area contributed by atoms with Gasteiger partial charge in [-0.05, 0) is 31.5 Å². The largest absolute Gasteiger partial charge is 0.504 e. The number of methoxy groups -OCH3 is 1. The van der Waals surface area contributed by atoms with Crippen LogP contribution < -0.4 is 4.74 Å². The molecule has 1 aliphatic heterocycles. The number of piperazine rings is 1. The average molecular weight is 411 g/mol. The second kappa shape index (κ2) is 7.72. The van der Waals surface area contributed by atoms with E-state index in [1.165, 1.54) is 0 Å². The lowest BCUT2D eigenvalue weighted by Gasteiger charge is -2.37. The van der Waals surface area contributed by atoms with Crippen molar-refractivity contribution in [2.75, 3.05) is 33.3 Å². The number of nitrogens with zero attached hydrogens (tertiary/aromatic N) is 4. The molecule has 0 spiro atoms. The third-order valence-corrected chi connectivity index (χ3v) is 5.34. The minimum absolute atomic E-state index is 0.125. The topological polar surface area (TPSA) is 74.9 Å². The van der Waals surface area contributed by atoms with Crippen molar-refractivity contribution in [1.82, 2.24) is 19.9 Å². The number of benzene rings is 1. The molecule has 0 unspecified atom stereocenters. The Morgan fingerprint density at radius 2 is 2.04 bits per heavy atom. The number of hydrogen-bond donors (Lipinski definition) is 1. The number of halogens is 1. The molecule has 8 heteroatoms. The zero-order valence-corrected chi connectivity index (χ0v) is 16.3. The van der Waals surface area contributed by atoms with Gasteiger partial charge in [0.15, 0.2) is 17.3 Å². The van der Waals surface area contributed by atoms with E-state index in [4.69, 9.17) is 9.26 Å². The van der Waals surface area contributed by atoms with E-state index in [2.05, 4.69) is 42.8 Å². The molecule has 25 heavy (non-hydrogen) atoms. The standard InChI is InChI=1S/C17H23BrN4O3/c1-11(17-19-12(2)20-25-17)22-6-4-21(5-7-22)10-13-8-15(23)16(24-3)9-14(13)18/h8-9,11,23H,4-7,10H2,1-3H3/t11-/m0/s1. The molecule has 3 rings (SSSR count). The highest BCUT2D eigenvalue weighted by Gasteiger charge is 2.25. The van der Waals surface area contributed by atoms with Crippen LogP contribution in [-0.4, -0.2) is 58.3 Å². The first-order valence-electron chi connectivity index (χ1n) is 8.30. The van der Waals surface area contributed by atoms with Gasteiger partial charge in [0.25, 0.3) is 0 Å². The SMILES string of the molecule is COc1cc(Br)c(CN2CCN([C@@H](C)c3nc(C)no3)CC2)cc1O. The fourth-order valence-corrected chi connectivity index (χ4v) is 3.51. The molecule has 0 amide bonds. The molecule has 1 aliphatic rings. The molecule has 1 N–H and O–H groups in total. The van der Waals surface area contributed by atoms with Crippen molar-refractivity contribution in [2.24, 2.45) is 0 Å². The molecule has 2 heterocycles. The summed E-state index contributed by atoms with van der Waals surface area (Å²) in [5, 5.41) is 13.9. The molecule has 0 aliphatic carbocycles. The highest BCUT2D eigenvalue weighted by atomic mass is 79.9. The Morgan fingerprint density at radius 1 is 1.32 bits per heavy atom. The number of aromatic nitrogens is 2. The van der Waals surface area contributed by atoms with Gasteiger partial charge in [-0.1, -0.05) is 21.1 Å². The van der Waals surface area contributed by atoms with Crippen molar-refractivity contribution in [3.8, 4) is 11.5 Å². The Hall–Kier alpha value is -1.64. The summed E-state index contributed by atoms with van der Waals surface area (Å²) in [6.45, 7) is 8.46. The van der Waals surface area contributed by atoms with Gasteiger partial charge < -0.3 is 14.4 Å². The first-order valence-corrected chi connectivity index (χ1v) is 9.09. The van der Waals surface area contributed by atoms with Crippen molar-refractivity contribution < 1.29 is 14.4 Å². The predicted molar refractivity (Wildman–Crippen MR) is 96.7 cm³/mol. The van der Waals surface area contributed by atoms with Crippen LogP contribution in [0.1, 0.15) is 30.2 Å². The van der Waals surface area contributed by atoms with Crippen molar-refractivity contribution in [1.29, 1.82) is 0 Å².